The van der Waals surface area contributed by atoms with Crippen molar-refractivity contribution in [3.8, 4) is 0 Å². The van der Waals surface area contributed by atoms with Gasteiger partial charge in [-0.05, 0) is 31.0 Å². The predicted molar refractivity (Wildman–Crippen MR) is 77.2 cm³/mol. The van der Waals surface area contributed by atoms with Gasteiger partial charge in [0.2, 0.25) is 10.0 Å². The van der Waals surface area contributed by atoms with Crippen LogP contribution >= 0.6 is 11.6 Å². The molecule has 21 heavy (non-hydrogen) atoms. The van der Waals surface area contributed by atoms with E-state index in [2.05, 4.69) is 0 Å². The molecule has 116 valence electrons. The van der Waals surface area contributed by atoms with Gasteiger partial charge >= 0.3 is 5.97 Å². The van der Waals surface area contributed by atoms with Crippen molar-refractivity contribution in [3.63, 3.8) is 0 Å². The molecule has 0 aliphatic carbocycles. The number of methoxy groups -OCH3 is 1. The largest absolute Gasteiger partial charge is 0.478 e. The minimum Gasteiger partial charge on any atom is -0.478 e. The maximum atomic E-state index is 12.5. The van der Waals surface area contributed by atoms with Crippen molar-refractivity contribution in [3.05, 3.63) is 28.8 Å². The SMILES string of the molecule is COC1CCN(S(=O)(=O)c2ccc(C(=O)O)c(Cl)c2)CC1. The van der Waals surface area contributed by atoms with E-state index < -0.39 is 16.0 Å². The van der Waals surface area contributed by atoms with Crippen LogP contribution in [-0.4, -0.2) is 50.1 Å². The normalized spacial score (nSPS) is 17.8. The highest BCUT2D eigenvalue weighted by atomic mass is 35.5. The summed E-state index contributed by atoms with van der Waals surface area (Å²) in [5.41, 5.74) is -0.117. The molecule has 0 spiro atoms. The van der Waals surface area contributed by atoms with Crippen molar-refractivity contribution in [2.24, 2.45) is 0 Å². The van der Waals surface area contributed by atoms with Crippen LogP contribution in [0, 0.1) is 0 Å². The fourth-order valence-electron chi connectivity index (χ4n) is 2.29. The van der Waals surface area contributed by atoms with Gasteiger partial charge in [0.05, 0.1) is 21.6 Å². The number of aromatic carboxylic acids is 1. The maximum Gasteiger partial charge on any atom is 0.337 e. The van der Waals surface area contributed by atoms with Gasteiger partial charge in [-0.15, -0.1) is 0 Å². The fraction of sp³-hybridized carbons (Fsp3) is 0.462. The second-order valence-corrected chi connectivity index (χ2v) is 7.13. The lowest BCUT2D eigenvalue weighted by Gasteiger charge is -2.30. The third kappa shape index (κ3) is 3.37. The zero-order chi connectivity index (χ0) is 15.6. The van der Waals surface area contributed by atoms with Crippen LogP contribution in [0.15, 0.2) is 23.1 Å². The highest BCUT2D eigenvalue weighted by molar-refractivity contribution is 7.89. The highest BCUT2D eigenvalue weighted by Gasteiger charge is 2.30. The minimum absolute atomic E-state index is 0.00775. The number of carboxylic acid groups (broad SMARTS) is 1. The minimum atomic E-state index is -3.66. The van der Waals surface area contributed by atoms with E-state index in [1.165, 1.54) is 22.5 Å². The van der Waals surface area contributed by atoms with Crippen LogP contribution in [0.3, 0.4) is 0 Å². The first-order valence-electron chi connectivity index (χ1n) is 6.42. The van der Waals surface area contributed by atoms with Crippen molar-refractivity contribution in [1.82, 2.24) is 4.31 Å². The molecule has 0 bridgehead atoms. The van der Waals surface area contributed by atoms with Crippen molar-refractivity contribution in [1.29, 1.82) is 0 Å². The Bertz CT molecular complexity index is 638. The van der Waals surface area contributed by atoms with Crippen LogP contribution in [0.4, 0.5) is 0 Å². The summed E-state index contributed by atoms with van der Waals surface area (Å²) in [5, 5.41) is 8.82. The highest BCUT2D eigenvalue weighted by Crippen LogP contribution is 2.25. The number of halogens is 1. The van der Waals surface area contributed by atoms with Gasteiger partial charge in [-0.25, -0.2) is 13.2 Å². The van der Waals surface area contributed by atoms with Gasteiger partial charge < -0.3 is 9.84 Å². The van der Waals surface area contributed by atoms with Crippen LogP contribution in [-0.2, 0) is 14.8 Å². The molecule has 1 aromatic rings. The van der Waals surface area contributed by atoms with E-state index in [1.54, 1.807) is 7.11 Å². The molecule has 6 nitrogen and oxygen atoms in total. The summed E-state index contributed by atoms with van der Waals surface area (Å²) in [4.78, 5) is 10.9. The molecule has 0 unspecified atom stereocenters. The monoisotopic (exact) mass is 333 g/mol. The summed E-state index contributed by atoms with van der Waals surface area (Å²) in [6.45, 7) is 0.748. The molecule has 1 aromatic carbocycles. The second-order valence-electron chi connectivity index (χ2n) is 4.79. The molecule has 1 fully saturated rings. The number of hydrogen-bond donors (Lipinski definition) is 1. The van der Waals surface area contributed by atoms with Crippen LogP contribution in [0.1, 0.15) is 23.2 Å². The molecule has 0 saturated carbocycles. The number of piperidine rings is 1. The van der Waals surface area contributed by atoms with E-state index in [-0.39, 0.29) is 21.6 Å². The van der Waals surface area contributed by atoms with E-state index in [4.69, 9.17) is 21.4 Å². The van der Waals surface area contributed by atoms with Crippen molar-refractivity contribution < 1.29 is 23.1 Å². The molecule has 0 radical (unpaired) electrons. The molecule has 8 heteroatoms. The van der Waals surface area contributed by atoms with E-state index in [0.717, 1.165) is 0 Å². The quantitative estimate of drug-likeness (QED) is 0.908. The molecule has 2 rings (SSSR count). The average molecular weight is 334 g/mol. The van der Waals surface area contributed by atoms with E-state index in [1.807, 2.05) is 0 Å². The average Bonchev–Trinajstić information content (AvgIpc) is 2.46. The molecular weight excluding hydrogens is 318 g/mol. The molecular formula is C13H16ClNO5S. The van der Waals surface area contributed by atoms with Crippen LogP contribution in [0.2, 0.25) is 5.02 Å². The van der Waals surface area contributed by atoms with Crippen molar-refractivity contribution in [2.45, 2.75) is 23.8 Å². The van der Waals surface area contributed by atoms with Gasteiger partial charge in [0.25, 0.3) is 0 Å². The number of rotatable bonds is 4. The first kappa shape index (κ1) is 16.2. The Morgan fingerprint density at radius 1 is 1.38 bits per heavy atom. The Morgan fingerprint density at radius 2 is 2.00 bits per heavy atom. The number of carboxylic acids is 1. The zero-order valence-corrected chi connectivity index (χ0v) is 13.0. The van der Waals surface area contributed by atoms with E-state index in [9.17, 15) is 13.2 Å². The summed E-state index contributed by atoms with van der Waals surface area (Å²) in [7, 11) is -2.05. The number of hydrogen-bond acceptors (Lipinski definition) is 4. The lowest BCUT2D eigenvalue weighted by molar-refractivity contribution is 0.0604. The molecule has 1 N–H and O–H groups in total. The Hall–Kier alpha value is -1.15. The molecule has 0 amide bonds. The standard InChI is InChI=1S/C13H16ClNO5S/c1-20-9-4-6-15(7-5-9)21(18,19)10-2-3-11(13(16)17)12(14)8-10/h2-3,8-9H,4-7H2,1H3,(H,16,17). The zero-order valence-electron chi connectivity index (χ0n) is 11.5. The van der Waals surface area contributed by atoms with Gasteiger partial charge in [-0.3, -0.25) is 0 Å². The summed E-state index contributed by atoms with van der Waals surface area (Å²) >= 11 is 5.83. The second kappa shape index (κ2) is 6.31. The van der Waals surface area contributed by atoms with Crippen LogP contribution in [0.5, 0.6) is 0 Å². The summed E-state index contributed by atoms with van der Waals surface area (Å²) in [6, 6.07) is 3.66. The lowest BCUT2D eigenvalue weighted by Crippen LogP contribution is -2.40. The molecule has 0 aromatic heterocycles. The third-order valence-corrected chi connectivity index (χ3v) is 5.75. The smallest absolute Gasteiger partial charge is 0.337 e. The Balaban J connectivity index is 2.24. The summed E-state index contributed by atoms with van der Waals surface area (Å²) in [6.07, 6.45) is 1.35. The van der Waals surface area contributed by atoms with Gasteiger partial charge in [0, 0.05) is 20.2 Å². The van der Waals surface area contributed by atoms with Crippen molar-refractivity contribution in [2.75, 3.05) is 20.2 Å². The molecule has 1 aliphatic rings. The Kier molecular flexibility index (Phi) is 4.88. The number of nitrogens with zero attached hydrogens (tertiary/aromatic N) is 1. The van der Waals surface area contributed by atoms with E-state index >= 15 is 0 Å². The first-order chi connectivity index (χ1) is 9.86. The molecule has 0 atom stereocenters. The molecule has 1 aliphatic heterocycles. The first-order valence-corrected chi connectivity index (χ1v) is 8.24. The van der Waals surface area contributed by atoms with Gasteiger partial charge in [0.1, 0.15) is 0 Å². The Morgan fingerprint density at radius 3 is 2.48 bits per heavy atom. The third-order valence-electron chi connectivity index (χ3n) is 3.54. The Labute approximate surface area is 128 Å². The number of benzene rings is 1. The number of ether oxygens (including phenoxy) is 1. The van der Waals surface area contributed by atoms with Gasteiger partial charge in [-0.1, -0.05) is 11.6 Å². The predicted octanol–water partition coefficient (Wildman–Crippen LogP) is 1.84. The maximum absolute atomic E-state index is 12.5. The van der Waals surface area contributed by atoms with E-state index in [0.29, 0.717) is 25.9 Å². The van der Waals surface area contributed by atoms with Gasteiger partial charge in [0.15, 0.2) is 0 Å². The van der Waals surface area contributed by atoms with Crippen molar-refractivity contribution >= 4 is 27.6 Å². The lowest BCUT2D eigenvalue weighted by atomic mass is 10.1. The fourth-order valence-corrected chi connectivity index (χ4v) is 4.11. The molecule has 1 heterocycles. The van der Waals surface area contributed by atoms with Gasteiger partial charge in [-0.2, -0.15) is 4.31 Å². The summed E-state index contributed by atoms with van der Waals surface area (Å²) in [5.74, 6) is -1.19. The number of sulfonamides is 1. The van der Waals surface area contributed by atoms with Crippen LogP contribution < -0.4 is 0 Å². The molecule has 1 saturated heterocycles. The summed E-state index contributed by atoms with van der Waals surface area (Å²) < 4.78 is 31.6. The van der Waals surface area contributed by atoms with Crippen LogP contribution in [0.25, 0.3) is 0 Å². The number of carbonyl (C=O) groups is 1. The topological polar surface area (TPSA) is 83.9 Å².